The van der Waals surface area contributed by atoms with E-state index in [9.17, 15) is 5.11 Å². The maximum Gasteiger partial charge on any atom is 0.0570 e. The Hall–Kier alpha value is -0.0400. The van der Waals surface area contributed by atoms with Crippen molar-refractivity contribution < 1.29 is 5.11 Å². The average Bonchev–Trinajstić information content (AvgIpc) is 1.88. The van der Waals surface area contributed by atoms with Crippen LogP contribution in [0.25, 0.3) is 0 Å². The maximum absolute atomic E-state index is 9.54. The van der Waals surface area contributed by atoms with Crippen LogP contribution in [0, 0.1) is 11.8 Å². The van der Waals surface area contributed by atoms with Gasteiger partial charge in [-0.2, -0.15) is 0 Å². The first-order chi connectivity index (χ1) is 4.75. The molecule has 10 heavy (non-hydrogen) atoms. The van der Waals surface area contributed by atoms with Gasteiger partial charge in [-0.15, -0.1) is 0 Å². The third kappa shape index (κ3) is 1.51. The van der Waals surface area contributed by atoms with Gasteiger partial charge < -0.3 is 5.11 Å². The van der Waals surface area contributed by atoms with Crippen LogP contribution in [0.1, 0.15) is 39.5 Å². The summed E-state index contributed by atoms with van der Waals surface area (Å²) in [5.41, 5.74) is 0. The quantitative estimate of drug-likeness (QED) is 0.595. The van der Waals surface area contributed by atoms with Crippen molar-refractivity contribution in [3.63, 3.8) is 0 Å². The van der Waals surface area contributed by atoms with E-state index in [1.165, 1.54) is 12.8 Å². The van der Waals surface area contributed by atoms with Gasteiger partial charge in [-0.05, 0) is 18.3 Å². The molecule has 0 aromatic heterocycles. The molecule has 0 radical (unpaired) electrons. The Morgan fingerprint density at radius 2 is 2.10 bits per heavy atom. The molecule has 1 saturated carbocycles. The molecule has 0 saturated heterocycles. The summed E-state index contributed by atoms with van der Waals surface area (Å²) in [7, 11) is 0. The van der Waals surface area contributed by atoms with Crippen molar-refractivity contribution in [1.82, 2.24) is 0 Å². The molecule has 1 rings (SSSR count). The van der Waals surface area contributed by atoms with Crippen LogP contribution >= 0.6 is 0 Å². The van der Waals surface area contributed by atoms with Crippen LogP contribution in [0.15, 0.2) is 0 Å². The molecule has 1 nitrogen and oxygen atoms in total. The van der Waals surface area contributed by atoms with E-state index < -0.39 is 0 Å². The van der Waals surface area contributed by atoms with E-state index in [-0.39, 0.29) is 6.10 Å². The van der Waals surface area contributed by atoms with E-state index >= 15 is 0 Å². The molecule has 1 fully saturated rings. The smallest absolute Gasteiger partial charge is 0.0570 e. The summed E-state index contributed by atoms with van der Waals surface area (Å²) in [5, 5.41) is 9.54. The van der Waals surface area contributed by atoms with Crippen LogP contribution in [0.3, 0.4) is 0 Å². The number of aliphatic hydroxyl groups is 1. The lowest BCUT2D eigenvalue weighted by atomic mass is 9.77. The predicted octanol–water partition coefficient (Wildman–Crippen LogP) is 2.19. The molecule has 0 aliphatic heterocycles. The lowest BCUT2D eigenvalue weighted by Crippen LogP contribution is -2.30. The number of hydrogen-bond acceptors (Lipinski definition) is 1. The zero-order valence-electron chi connectivity index (χ0n) is 7.01. The Kier molecular flexibility index (Phi) is 2.72. The van der Waals surface area contributed by atoms with E-state index in [1.54, 1.807) is 0 Å². The van der Waals surface area contributed by atoms with Gasteiger partial charge in [0.05, 0.1) is 6.10 Å². The minimum atomic E-state index is -0.00579. The minimum absolute atomic E-state index is 0.00579. The first-order valence-electron chi connectivity index (χ1n) is 4.43. The second kappa shape index (κ2) is 3.38. The summed E-state index contributed by atoms with van der Waals surface area (Å²) in [5.74, 6) is 1.32. The molecule has 0 aromatic carbocycles. The van der Waals surface area contributed by atoms with E-state index in [2.05, 4.69) is 13.8 Å². The van der Waals surface area contributed by atoms with Crippen molar-refractivity contribution in [2.45, 2.75) is 45.6 Å². The fourth-order valence-corrected chi connectivity index (χ4v) is 2.13. The Labute approximate surface area is 63.4 Å². The van der Waals surface area contributed by atoms with Gasteiger partial charge in [-0.25, -0.2) is 0 Å². The van der Waals surface area contributed by atoms with Crippen molar-refractivity contribution in [2.75, 3.05) is 0 Å². The summed E-state index contributed by atoms with van der Waals surface area (Å²) >= 11 is 0. The molecule has 1 aliphatic rings. The number of hydrogen-bond donors (Lipinski definition) is 1. The van der Waals surface area contributed by atoms with Crippen LogP contribution < -0.4 is 0 Å². The van der Waals surface area contributed by atoms with Crippen molar-refractivity contribution in [1.29, 1.82) is 0 Å². The van der Waals surface area contributed by atoms with Gasteiger partial charge in [0.1, 0.15) is 0 Å². The van der Waals surface area contributed by atoms with Crippen LogP contribution in [-0.4, -0.2) is 11.2 Å². The van der Waals surface area contributed by atoms with Crippen LogP contribution in [0.4, 0.5) is 0 Å². The second-order valence-electron chi connectivity index (χ2n) is 3.55. The summed E-state index contributed by atoms with van der Waals surface area (Å²) in [6, 6.07) is 0. The third-order valence-electron chi connectivity index (χ3n) is 2.86. The Balaban J connectivity index is 2.45. The fourth-order valence-electron chi connectivity index (χ4n) is 2.13. The van der Waals surface area contributed by atoms with Gasteiger partial charge in [-0.3, -0.25) is 0 Å². The van der Waals surface area contributed by atoms with E-state index in [1.807, 2.05) is 0 Å². The highest BCUT2D eigenvalue weighted by Gasteiger charge is 2.27. The highest BCUT2D eigenvalue weighted by molar-refractivity contribution is 4.78. The normalized spacial score (nSPS) is 41.7. The largest absolute Gasteiger partial charge is 0.393 e. The predicted molar refractivity (Wildman–Crippen MR) is 42.8 cm³/mol. The molecule has 3 atom stereocenters. The average molecular weight is 142 g/mol. The molecule has 0 amide bonds. The zero-order chi connectivity index (χ0) is 7.56. The van der Waals surface area contributed by atoms with Gasteiger partial charge in [0, 0.05) is 0 Å². The Morgan fingerprint density at radius 3 is 2.50 bits per heavy atom. The van der Waals surface area contributed by atoms with Crippen molar-refractivity contribution in [2.24, 2.45) is 11.8 Å². The SMILES string of the molecule is CCC1C(C)CCCC1O. The first-order valence-corrected chi connectivity index (χ1v) is 4.43. The van der Waals surface area contributed by atoms with Gasteiger partial charge >= 0.3 is 0 Å². The summed E-state index contributed by atoms with van der Waals surface area (Å²) in [4.78, 5) is 0. The van der Waals surface area contributed by atoms with E-state index in [0.717, 1.165) is 18.8 Å². The van der Waals surface area contributed by atoms with Gasteiger partial charge in [0.2, 0.25) is 0 Å². The second-order valence-corrected chi connectivity index (χ2v) is 3.55. The summed E-state index contributed by atoms with van der Waals surface area (Å²) < 4.78 is 0. The monoisotopic (exact) mass is 142 g/mol. The molecule has 1 N–H and O–H groups in total. The molecular weight excluding hydrogens is 124 g/mol. The molecule has 0 aromatic rings. The van der Waals surface area contributed by atoms with E-state index in [4.69, 9.17) is 0 Å². The van der Waals surface area contributed by atoms with Crippen LogP contribution in [0.2, 0.25) is 0 Å². The molecular formula is C9H18O. The number of aliphatic hydroxyl groups excluding tert-OH is 1. The standard InChI is InChI=1S/C9H18O/c1-3-8-7(2)5-4-6-9(8)10/h7-10H,3-6H2,1-2H3. The number of rotatable bonds is 1. The highest BCUT2D eigenvalue weighted by atomic mass is 16.3. The Bertz CT molecular complexity index is 90.9. The van der Waals surface area contributed by atoms with Crippen molar-refractivity contribution in [3.8, 4) is 0 Å². The lowest BCUT2D eigenvalue weighted by molar-refractivity contribution is 0.0364. The fraction of sp³-hybridized carbons (Fsp3) is 1.00. The van der Waals surface area contributed by atoms with Gasteiger partial charge in [0.25, 0.3) is 0 Å². The third-order valence-corrected chi connectivity index (χ3v) is 2.86. The Morgan fingerprint density at radius 1 is 1.40 bits per heavy atom. The topological polar surface area (TPSA) is 20.2 Å². The van der Waals surface area contributed by atoms with Crippen LogP contribution in [-0.2, 0) is 0 Å². The highest BCUT2D eigenvalue weighted by Crippen LogP contribution is 2.31. The first kappa shape index (κ1) is 8.06. The summed E-state index contributed by atoms with van der Waals surface area (Å²) in [6.07, 6.45) is 4.70. The van der Waals surface area contributed by atoms with Gasteiger partial charge in [0.15, 0.2) is 0 Å². The maximum atomic E-state index is 9.54. The molecule has 0 bridgehead atoms. The molecule has 0 heterocycles. The molecule has 3 unspecified atom stereocenters. The molecule has 0 spiro atoms. The van der Waals surface area contributed by atoms with Crippen molar-refractivity contribution >= 4 is 0 Å². The minimum Gasteiger partial charge on any atom is -0.393 e. The zero-order valence-corrected chi connectivity index (χ0v) is 7.01. The molecule has 1 aliphatic carbocycles. The van der Waals surface area contributed by atoms with Crippen molar-refractivity contribution in [3.05, 3.63) is 0 Å². The van der Waals surface area contributed by atoms with Gasteiger partial charge in [-0.1, -0.05) is 33.1 Å². The van der Waals surface area contributed by atoms with Crippen LogP contribution in [0.5, 0.6) is 0 Å². The lowest BCUT2D eigenvalue weighted by Gasteiger charge is -2.32. The molecule has 60 valence electrons. The van der Waals surface area contributed by atoms with E-state index in [0.29, 0.717) is 5.92 Å². The summed E-state index contributed by atoms with van der Waals surface area (Å²) in [6.45, 7) is 4.44. The molecule has 1 heteroatoms.